The lowest BCUT2D eigenvalue weighted by molar-refractivity contribution is -0.151. The van der Waals surface area contributed by atoms with Crippen LogP contribution in [0.3, 0.4) is 0 Å². The van der Waals surface area contributed by atoms with Crippen molar-refractivity contribution in [3.8, 4) is 0 Å². The number of piperidine rings is 1. The van der Waals surface area contributed by atoms with E-state index in [9.17, 15) is 14.7 Å². The van der Waals surface area contributed by atoms with E-state index in [1.807, 2.05) is 30.3 Å². The highest BCUT2D eigenvalue weighted by Gasteiger charge is 2.46. The second kappa shape index (κ2) is 7.54. The summed E-state index contributed by atoms with van der Waals surface area (Å²) in [6.45, 7) is 1.52. The van der Waals surface area contributed by atoms with Crippen molar-refractivity contribution in [1.82, 2.24) is 4.90 Å². The first kappa shape index (κ1) is 17.9. The van der Waals surface area contributed by atoms with Gasteiger partial charge in [0.15, 0.2) is 6.10 Å². The molecule has 1 saturated carbocycles. The van der Waals surface area contributed by atoms with Gasteiger partial charge in [-0.3, -0.25) is 4.79 Å². The summed E-state index contributed by atoms with van der Waals surface area (Å²) < 4.78 is 6.01. The Balaban J connectivity index is 1.45. The fraction of sp³-hybridized carbons (Fsp3) is 0.579. The summed E-state index contributed by atoms with van der Waals surface area (Å²) in [7, 11) is 0. The van der Waals surface area contributed by atoms with Crippen LogP contribution in [-0.2, 0) is 20.9 Å². The molecule has 1 heterocycles. The van der Waals surface area contributed by atoms with Crippen LogP contribution in [0.1, 0.15) is 37.7 Å². The van der Waals surface area contributed by atoms with Gasteiger partial charge in [-0.2, -0.15) is 0 Å². The monoisotopic (exact) mass is 347 g/mol. The second-order valence-corrected chi connectivity index (χ2v) is 7.14. The number of carboxylic acids is 1. The third-order valence-electron chi connectivity index (χ3n) is 5.26. The fourth-order valence-corrected chi connectivity index (χ4v) is 3.38. The summed E-state index contributed by atoms with van der Waals surface area (Å²) in [5, 5.41) is 18.5. The zero-order valence-corrected chi connectivity index (χ0v) is 14.3. The van der Waals surface area contributed by atoms with Crippen LogP contribution in [0.2, 0.25) is 0 Å². The number of carbonyl (C=O) groups excluding carboxylic acids is 1. The number of benzene rings is 1. The molecule has 3 rings (SSSR count). The molecule has 2 aliphatic rings. The van der Waals surface area contributed by atoms with Crippen molar-refractivity contribution in [3.63, 3.8) is 0 Å². The van der Waals surface area contributed by atoms with Crippen LogP contribution in [0.15, 0.2) is 30.3 Å². The zero-order valence-electron chi connectivity index (χ0n) is 14.3. The fourth-order valence-electron chi connectivity index (χ4n) is 3.38. The van der Waals surface area contributed by atoms with E-state index in [-0.39, 0.29) is 17.4 Å². The molecule has 1 amide bonds. The molecule has 25 heavy (non-hydrogen) atoms. The Morgan fingerprint density at radius 3 is 2.40 bits per heavy atom. The Labute approximate surface area is 147 Å². The van der Waals surface area contributed by atoms with Gasteiger partial charge in [0.05, 0.1) is 18.6 Å². The molecule has 0 bridgehead atoms. The van der Waals surface area contributed by atoms with Crippen LogP contribution in [0.5, 0.6) is 0 Å². The molecule has 0 aromatic heterocycles. The van der Waals surface area contributed by atoms with Crippen LogP contribution < -0.4 is 0 Å². The molecule has 0 spiro atoms. The van der Waals surface area contributed by atoms with E-state index < -0.39 is 12.1 Å². The molecule has 1 aliphatic heterocycles. The smallest absolute Gasteiger partial charge is 0.332 e. The second-order valence-electron chi connectivity index (χ2n) is 7.14. The minimum absolute atomic E-state index is 0.0637. The molecule has 1 atom stereocenters. The summed E-state index contributed by atoms with van der Waals surface area (Å²) >= 11 is 0. The molecular formula is C19H25NO5. The number of carbonyl (C=O) groups is 2. The van der Waals surface area contributed by atoms with Gasteiger partial charge in [-0.05, 0) is 37.2 Å². The normalized spacial score (nSPS) is 20.9. The predicted molar refractivity (Wildman–Crippen MR) is 90.8 cm³/mol. The average Bonchev–Trinajstić information content (AvgIpc) is 3.40. The Morgan fingerprint density at radius 1 is 1.20 bits per heavy atom. The maximum atomic E-state index is 12.5. The Bertz CT molecular complexity index is 606. The van der Waals surface area contributed by atoms with Crippen LogP contribution in [0, 0.1) is 5.92 Å². The first-order chi connectivity index (χ1) is 12.0. The molecule has 2 N–H and O–H groups in total. The van der Waals surface area contributed by atoms with E-state index in [0.29, 0.717) is 39.0 Å². The zero-order chi connectivity index (χ0) is 17.9. The standard InChI is InChI=1S/C19H25NO5/c21-16(20-10-6-15(7-11-20)17(22)18(23)24)12-19(8-9-19)25-13-14-4-2-1-3-5-14/h1-5,15,17,22H,6-13H2,(H,23,24). The minimum atomic E-state index is -1.33. The summed E-state index contributed by atoms with van der Waals surface area (Å²) in [5.74, 6) is -1.39. The molecule has 0 radical (unpaired) electrons. The Hall–Kier alpha value is -1.92. The quantitative estimate of drug-likeness (QED) is 0.785. The number of amides is 1. The van der Waals surface area contributed by atoms with Crippen molar-refractivity contribution < 1.29 is 24.5 Å². The number of hydrogen-bond acceptors (Lipinski definition) is 4. The third-order valence-corrected chi connectivity index (χ3v) is 5.26. The number of likely N-dealkylation sites (tertiary alicyclic amines) is 1. The van der Waals surface area contributed by atoms with Gasteiger partial charge in [-0.15, -0.1) is 0 Å². The summed E-state index contributed by atoms with van der Waals surface area (Å²) in [6.07, 6.45) is 1.90. The van der Waals surface area contributed by atoms with Gasteiger partial charge in [-0.1, -0.05) is 30.3 Å². The van der Waals surface area contributed by atoms with E-state index in [1.165, 1.54) is 0 Å². The first-order valence-electron chi connectivity index (χ1n) is 8.86. The number of carboxylic acid groups (broad SMARTS) is 1. The molecule has 1 aliphatic carbocycles. The molecule has 1 unspecified atom stereocenters. The summed E-state index contributed by atoms with van der Waals surface area (Å²) in [5.41, 5.74) is 0.773. The molecule has 6 nitrogen and oxygen atoms in total. The number of aliphatic hydroxyl groups is 1. The van der Waals surface area contributed by atoms with Crippen molar-refractivity contribution in [2.45, 2.75) is 50.4 Å². The molecule has 136 valence electrons. The Kier molecular flexibility index (Phi) is 5.39. The van der Waals surface area contributed by atoms with Crippen LogP contribution in [-0.4, -0.2) is 51.8 Å². The molecule has 1 saturated heterocycles. The van der Waals surface area contributed by atoms with Gasteiger partial charge in [-0.25, -0.2) is 4.79 Å². The number of aliphatic hydroxyl groups excluding tert-OH is 1. The minimum Gasteiger partial charge on any atom is -0.479 e. The van der Waals surface area contributed by atoms with Gasteiger partial charge >= 0.3 is 5.97 Å². The third kappa shape index (κ3) is 4.58. The number of nitrogens with zero attached hydrogens (tertiary/aromatic N) is 1. The van der Waals surface area contributed by atoms with Crippen molar-refractivity contribution in [1.29, 1.82) is 0 Å². The highest BCUT2D eigenvalue weighted by molar-refractivity contribution is 5.78. The van der Waals surface area contributed by atoms with Gasteiger partial charge < -0.3 is 19.8 Å². The van der Waals surface area contributed by atoms with Crippen molar-refractivity contribution in [2.75, 3.05) is 13.1 Å². The topological polar surface area (TPSA) is 87.1 Å². The lowest BCUT2D eigenvalue weighted by atomic mass is 9.91. The summed E-state index contributed by atoms with van der Waals surface area (Å²) in [6, 6.07) is 9.93. The molecule has 1 aromatic carbocycles. The largest absolute Gasteiger partial charge is 0.479 e. The van der Waals surface area contributed by atoms with Gasteiger partial charge in [0, 0.05) is 13.1 Å². The van der Waals surface area contributed by atoms with Crippen molar-refractivity contribution in [2.24, 2.45) is 5.92 Å². The van der Waals surface area contributed by atoms with Gasteiger partial charge in [0.2, 0.25) is 5.91 Å². The summed E-state index contributed by atoms with van der Waals surface area (Å²) in [4.78, 5) is 25.2. The molecule has 6 heteroatoms. The lowest BCUT2D eigenvalue weighted by Crippen LogP contribution is -2.44. The van der Waals surface area contributed by atoms with Gasteiger partial charge in [0.1, 0.15) is 0 Å². The van der Waals surface area contributed by atoms with Crippen LogP contribution in [0.4, 0.5) is 0 Å². The van der Waals surface area contributed by atoms with Gasteiger partial charge in [0.25, 0.3) is 0 Å². The molecule has 1 aromatic rings. The number of ether oxygens (including phenoxy) is 1. The molecule has 2 fully saturated rings. The SMILES string of the molecule is O=C(O)C(O)C1CCN(C(=O)CC2(OCc3ccccc3)CC2)CC1. The maximum absolute atomic E-state index is 12.5. The van der Waals surface area contributed by atoms with E-state index in [4.69, 9.17) is 9.84 Å². The number of rotatable bonds is 7. The highest BCUT2D eigenvalue weighted by Crippen LogP contribution is 2.44. The predicted octanol–water partition coefficient (Wildman–Crippen LogP) is 1.81. The average molecular weight is 347 g/mol. The van der Waals surface area contributed by atoms with E-state index in [1.54, 1.807) is 4.90 Å². The van der Waals surface area contributed by atoms with Crippen LogP contribution >= 0.6 is 0 Å². The van der Waals surface area contributed by atoms with E-state index in [2.05, 4.69) is 0 Å². The van der Waals surface area contributed by atoms with Crippen molar-refractivity contribution >= 4 is 11.9 Å². The van der Waals surface area contributed by atoms with E-state index >= 15 is 0 Å². The molecular weight excluding hydrogens is 322 g/mol. The Morgan fingerprint density at radius 2 is 1.84 bits per heavy atom. The van der Waals surface area contributed by atoms with E-state index in [0.717, 1.165) is 18.4 Å². The number of aliphatic carboxylic acids is 1. The van der Waals surface area contributed by atoms with Crippen LogP contribution in [0.25, 0.3) is 0 Å². The maximum Gasteiger partial charge on any atom is 0.332 e. The van der Waals surface area contributed by atoms with Crippen molar-refractivity contribution in [3.05, 3.63) is 35.9 Å². The highest BCUT2D eigenvalue weighted by atomic mass is 16.5. The number of hydrogen-bond donors (Lipinski definition) is 2. The lowest BCUT2D eigenvalue weighted by Gasteiger charge is -2.34. The first-order valence-corrected chi connectivity index (χ1v) is 8.86.